The molecule has 1 heterocycles. The molecule has 0 aliphatic carbocycles. The molecule has 0 bridgehead atoms. The summed E-state index contributed by atoms with van der Waals surface area (Å²) in [5, 5.41) is 0.449. The molecule has 214 valence electrons. The van der Waals surface area contributed by atoms with Crippen molar-refractivity contribution in [2.24, 2.45) is 0 Å². The van der Waals surface area contributed by atoms with E-state index in [2.05, 4.69) is 4.74 Å². The quantitative estimate of drug-likeness (QED) is 0.196. The molecule has 0 aliphatic rings. The molecule has 4 rings (SSSR count). The van der Waals surface area contributed by atoms with E-state index in [-0.39, 0.29) is 16.6 Å². The first kappa shape index (κ1) is 30.0. The van der Waals surface area contributed by atoms with Crippen LogP contribution in [0.3, 0.4) is 0 Å². The highest BCUT2D eigenvalue weighted by Crippen LogP contribution is 2.47. The molecule has 6 nitrogen and oxygen atoms in total. The monoisotopic (exact) mass is 595 g/mol. The lowest BCUT2D eigenvalue weighted by atomic mass is 10.0. The Morgan fingerprint density at radius 2 is 1.62 bits per heavy atom. The van der Waals surface area contributed by atoms with Crippen LogP contribution < -0.4 is 14.9 Å². The van der Waals surface area contributed by atoms with Crippen molar-refractivity contribution >= 4 is 35.5 Å². The Hall–Kier alpha value is -2.97. The predicted molar refractivity (Wildman–Crippen MR) is 151 cm³/mol. The third kappa shape index (κ3) is 6.50. The molecular weight excluding hydrogens is 566 g/mol. The van der Waals surface area contributed by atoms with Crippen molar-refractivity contribution < 1.29 is 36.6 Å². The summed E-state index contributed by atoms with van der Waals surface area (Å²) in [7, 11) is -4.32. The van der Waals surface area contributed by atoms with Crippen molar-refractivity contribution in [2.45, 2.75) is 59.6 Å². The van der Waals surface area contributed by atoms with Crippen molar-refractivity contribution in [3.8, 4) is 28.3 Å². The third-order valence-electron chi connectivity index (χ3n) is 6.31. The van der Waals surface area contributed by atoms with Gasteiger partial charge in [-0.25, -0.2) is 0 Å². The number of aromatic nitrogens is 1. The number of halogens is 4. The Morgan fingerprint density at radius 3 is 2.23 bits per heavy atom. The second kappa shape index (κ2) is 11.5. The van der Waals surface area contributed by atoms with Crippen LogP contribution in [0.1, 0.15) is 39.7 Å². The summed E-state index contributed by atoms with van der Waals surface area (Å²) in [6, 6.07) is 16.5. The molecule has 4 aromatic rings. The van der Waals surface area contributed by atoms with Crippen LogP contribution in [0.4, 0.5) is 13.2 Å². The van der Waals surface area contributed by atoms with Crippen LogP contribution in [0.5, 0.6) is 11.5 Å². The summed E-state index contributed by atoms with van der Waals surface area (Å²) in [5.74, 6) is 0.130. The fourth-order valence-electron chi connectivity index (χ4n) is 4.41. The minimum Gasteiger partial charge on any atom is -0.491 e. The highest BCUT2D eigenvalue weighted by atomic mass is 35.5. The molecule has 0 aliphatic heterocycles. The molecular formula is C29H30ClF3NO5P. The van der Waals surface area contributed by atoms with Gasteiger partial charge in [0.15, 0.2) is 0 Å². The number of nitrogens with zero attached hydrogens (tertiary/aromatic N) is 1. The van der Waals surface area contributed by atoms with Gasteiger partial charge in [0.2, 0.25) is 0 Å². The second-order valence-electron chi connectivity index (χ2n) is 9.71. The number of rotatable bonds is 9. The molecule has 1 N–H and O–H groups in total. The standard InChI is InChI=1S/C29H30ClF3NO5P/c1-6-18(4)39-40(35,36)28-19(5)24-15-20(21-7-13-25(30)27(16-21)38-29(31,32)33)8-14-26(24)34(28)22-9-11-23(12-10-22)37-17(2)3/h7-18H,6H2,1-5H3,(H,35,36). The van der Waals surface area contributed by atoms with Crippen LogP contribution in [-0.4, -0.2) is 28.0 Å². The van der Waals surface area contributed by atoms with Gasteiger partial charge in [-0.1, -0.05) is 30.7 Å². The lowest BCUT2D eigenvalue weighted by Gasteiger charge is -2.20. The van der Waals surface area contributed by atoms with E-state index in [1.165, 1.54) is 12.1 Å². The average Bonchev–Trinajstić information content (AvgIpc) is 3.17. The fraction of sp³-hybridized carbons (Fsp3) is 0.310. The molecule has 2 atom stereocenters. The van der Waals surface area contributed by atoms with Crippen LogP contribution in [0.15, 0.2) is 60.7 Å². The van der Waals surface area contributed by atoms with Crippen molar-refractivity contribution in [1.82, 2.24) is 4.57 Å². The molecule has 0 radical (unpaired) electrons. The van der Waals surface area contributed by atoms with Gasteiger partial charge in [-0.05, 0) is 99.3 Å². The summed E-state index contributed by atoms with van der Waals surface area (Å²) < 4.78 is 69.5. The van der Waals surface area contributed by atoms with E-state index in [1.807, 2.05) is 20.8 Å². The van der Waals surface area contributed by atoms with E-state index in [0.717, 1.165) is 0 Å². The summed E-state index contributed by atoms with van der Waals surface area (Å²) in [6.07, 6.45) is -4.86. The SMILES string of the molecule is CCC(C)OP(=O)(O)c1c(C)c2cc(-c3ccc(Cl)c(OC(F)(F)F)c3)ccc2n1-c1ccc(OC(C)C)cc1. The molecule has 3 aromatic carbocycles. The lowest BCUT2D eigenvalue weighted by molar-refractivity contribution is -0.274. The number of alkyl halides is 3. The Bertz CT molecular complexity index is 1570. The van der Waals surface area contributed by atoms with Crippen LogP contribution in [0.2, 0.25) is 5.02 Å². The summed E-state index contributed by atoms with van der Waals surface area (Å²) >= 11 is 5.93. The van der Waals surface area contributed by atoms with Gasteiger partial charge >= 0.3 is 14.0 Å². The van der Waals surface area contributed by atoms with Crippen molar-refractivity contribution in [2.75, 3.05) is 0 Å². The second-order valence-corrected chi connectivity index (χ2v) is 11.8. The van der Waals surface area contributed by atoms with E-state index in [9.17, 15) is 22.6 Å². The van der Waals surface area contributed by atoms with Gasteiger partial charge in [-0.3, -0.25) is 4.57 Å². The zero-order valence-electron chi connectivity index (χ0n) is 22.6. The first-order valence-electron chi connectivity index (χ1n) is 12.7. The lowest BCUT2D eigenvalue weighted by Crippen LogP contribution is -2.21. The maximum atomic E-state index is 13.7. The van der Waals surface area contributed by atoms with Gasteiger partial charge in [0.05, 0.1) is 22.7 Å². The van der Waals surface area contributed by atoms with Gasteiger partial charge in [-0.2, -0.15) is 0 Å². The highest BCUT2D eigenvalue weighted by Gasteiger charge is 2.34. The normalized spacial score (nSPS) is 14.4. The molecule has 0 amide bonds. The minimum atomic E-state index is -4.90. The van der Waals surface area contributed by atoms with Gasteiger partial charge in [0.25, 0.3) is 0 Å². The van der Waals surface area contributed by atoms with Gasteiger partial charge in [0, 0.05) is 11.1 Å². The van der Waals surface area contributed by atoms with Gasteiger partial charge < -0.3 is 23.5 Å². The highest BCUT2D eigenvalue weighted by molar-refractivity contribution is 7.61. The largest absolute Gasteiger partial charge is 0.573 e. The van der Waals surface area contributed by atoms with Crippen LogP contribution >= 0.6 is 19.2 Å². The molecule has 0 saturated heterocycles. The van der Waals surface area contributed by atoms with E-state index in [4.69, 9.17) is 20.9 Å². The van der Waals surface area contributed by atoms with Crippen molar-refractivity contribution in [3.05, 3.63) is 71.2 Å². The van der Waals surface area contributed by atoms with Crippen LogP contribution in [0.25, 0.3) is 27.7 Å². The smallest absolute Gasteiger partial charge is 0.491 e. The minimum absolute atomic E-state index is 0.0222. The number of aryl methyl sites for hydroxylation is 1. The molecule has 0 saturated carbocycles. The molecule has 0 spiro atoms. The van der Waals surface area contributed by atoms with Gasteiger partial charge in [0.1, 0.15) is 16.9 Å². The Balaban J connectivity index is 1.91. The zero-order chi connectivity index (χ0) is 29.4. The maximum absolute atomic E-state index is 13.7. The van der Waals surface area contributed by atoms with E-state index in [0.29, 0.717) is 45.5 Å². The summed E-state index contributed by atoms with van der Waals surface area (Å²) in [4.78, 5) is 11.2. The predicted octanol–water partition coefficient (Wildman–Crippen LogP) is 8.57. The maximum Gasteiger partial charge on any atom is 0.573 e. The van der Waals surface area contributed by atoms with Crippen LogP contribution in [0, 0.1) is 6.92 Å². The first-order valence-corrected chi connectivity index (χ1v) is 14.6. The van der Waals surface area contributed by atoms with Gasteiger partial charge in [-0.15, -0.1) is 13.2 Å². The van der Waals surface area contributed by atoms with Crippen LogP contribution in [-0.2, 0) is 9.09 Å². The number of hydrogen-bond donors (Lipinski definition) is 1. The topological polar surface area (TPSA) is 69.9 Å². The molecule has 11 heteroatoms. The molecule has 2 unspecified atom stereocenters. The van der Waals surface area contributed by atoms with E-state index in [1.54, 1.807) is 66.9 Å². The summed E-state index contributed by atoms with van der Waals surface area (Å²) in [6.45, 7) is 9.13. The molecule has 40 heavy (non-hydrogen) atoms. The number of hydrogen-bond acceptors (Lipinski definition) is 4. The Labute approximate surface area is 235 Å². The molecule has 1 aromatic heterocycles. The van der Waals surface area contributed by atoms with Crippen molar-refractivity contribution in [1.29, 1.82) is 0 Å². The zero-order valence-corrected chi connectivity index (χ0v) is 24.3. The fourth-order valence-corrected chi connectivity index (χ4v) is 6.33. The Kier molecular flexibility index (Phi) is 8.62. The summed E-state index contributed by atoms with van der Waals surface area (Å²) in [5.41, 5.74) is 2.85. The van der Waals surface area contributed by atoms with E-state index < -0.39 is 25.8 Å². The Morgan fingerprint density at radius 1 is 1.00 bits per heavy atom. The number of fused-ring (bicyclic) bond motifs is 1. The first-order chi connectivity index (χ1) is 18.7. The number of ether oxygens (including phenoxy) is 2. The van der Waals surface area contributed by atoms with Crippen molar-refractivity contribution in [3.63, 3.8) is 0 Å². The number of benzene rings is 3. The molecule has 0 fully saturated rings. The third-order valence-corrected chi connectivity index (χ3v) is 8.34. The average molecular weight is 596 g/mol. The van der Waals surface area contributed by atoms with E-state index >= 15 is 0 Å².